The third-order valence-electron chi connectivity index (χ3n) is 9.86. The smallest absolute Gasteiger partial charge is 0.364 e. The molecule has 65 heavy (non-hydrogen) atoms. The van der Waals surface area contributed by atoms with Gasteiger partial charge in [-0.05, 0) is 0 Å². The Morgan fingerprint density at radius 1 is 0.877 bits per heavy atom. The van der Waals surface area contributed by atoms with Gasteiger partial charge in [-0.2, -0.15) is 0 Å². The van der Waals surface area contributed by atoms with Crippen molar-refractivity contribution < 1.29 is 117 Å². The molecular formula is C37H52N4O24. The van der Waals surface area contributed by atoms with Crippen LogP contribution in [-0.4, -0.2) is 216 Å². The van der Waals surface area contributed by atoms with Crippen LogP contribution < -0.4 is 5.32 Å². The molecular weight excluding hydrogens is 884 g/mol. The number of nitrogens with one attached hydrogen (secondary N) is 1. The second kappa shape index (κ2) is 23.4. The minimum atomic E-state index is -2.89. The summed E-state index contributed by atoms with van der Waals surface area (Å²) in [5.74, 6) is -6.97. The maximum Gasteiger partial charge on any atom is 0.364 e. The average molecular weight is 937 g/mol. The van der Waals surface area contributed by atoms with Crippen LogP contribution in [0.15, 0.2) is 6.20 Å². The van der Waals surface area contributed by atoms with E-state index < -0.39 is 179 Å². The van der Waals surface area contributed by atoms with Crippen LogP contribution in [0.2, 0.25) is 0 Å². The first-order valence-corrected chi connectivity index (χ1v) is 19.7. The molecule has 1 aromatic rings. The standard InChI is InChI=1S/C37H52N4O24/c1-6-7-56-34-29(53)28(52)27(51)22(63-34)14-59-37(36(54)55)8-20(47)25(31(65-37)26(50)21(48)11-42)38-24(49)10-41-9-19(39-40-41)12-58-35-33(62-18(5)46)32(61-17(4)45)30(60-16(3)44)23(64-35)13-57-15(2)43/h1,9,20-23,25-35,42,47-48,50-53H,7-8,10-14H2,2-5H3,(H,38,49)(H,54,55)/t20-,21+,22+,23+,25+,26+,27-,28-,29+,30-,31+,32-,33+,34+,35+,37+/m0/s1. The Morgan fingerprint density at radius 3 is 2.11 bits per heavy atom. The average Bonchev–Trinajstić information content (AvgIpc) is 3.68. The number of amides is 1. The van der Waals surface area contributed by atoms with Crippen molar-refractivity contribution in [2.45, 2.75) is 145 Å². The molecule has 3 fully saturated rings. The lowest BCUT2D eigenvalue weighted by molar-refractivity contribution is -0.337. The molecule has 0 aliphatic carbocycles. The normalized spacial score (nSPS) is 33.4. The number of aromatic nitrogens is 3. The summed E-state index contributed by atoms with van der Waals surface area (Å²) in [4.78, 5) is 73.9. The molecule has 364 valence electrons. The summed E-state index contributed by atoms with van der Waals surface area (Å²) >= 11 is 0. The van der Waals surface area contributed by atoms with Gasteiger partial charge in [0, 0.05) is 34.1 Å². The van der Waals surface area contributed by atoms with E-state index in [1.165, 1.54) is 6.20 Å². The van der Waals surface area contributed by atoms with E-state index in [0.29, 0.717) is 0 Å². The molecule has 1 aromatic heterocycles. The number of esters is 4. The van der Waals surface area contributed by atoms with Gasteiger partial charge in [-0.3, -0.25) is 24.0 Å². The van der Waals surface area contributed by atoms with Crippen LogP contribution >= 0.6 is 0 Å². The van der Waals surface area contributed by atoms with Crippen molar-refractivity contribution in [1.82, 2.24) is 20.3 Å². The van der Waals surface area contributed by atoms with E-state index in [2.05, 4.69) is 21.5 Å². The molecule has 0 spiro atoms. The molecule has 28 nitrogen and oxygen atoms in total. The molecule has 16 atom stereocenters. The molecule has 0 bridgehead atoms. The minimum Gasteiger partial charge on any atom is -0.477 e. The van der Waals surface area contributed by atoms with E-state index >= 15 is 0 Å². The van der Waals surface area contributed by atoms with Crippen LogP contribution in [0.1, 0.15) is 39.8 Å². The summed E-state index contributed by atoms with van der Waals surface area (Å²) in [7, 11) is 0. The van der Waals surface area contributed by atoms with Gasteiger partial charge in [0.1, 0.15) is 74.3 Å². The number of nitrogens with zero attached hydrogens (tertiary/aromatic N) is 3. The van der Waals surface area contributed by atoms with Crippen molar-refractivity contribution in [3.63, 3.8) is 0 Å². The largest absolute Gasteiger partial charge is 0.477 e. The van der Waals surface area contributed by atoms with Crippen molar-refractivity contribution in [2.75, 3.05) is 26.4 Å². The summed E-state index contributed by atoms with van der Waals surface area (Å²) in [6, 6.07) is -1.71. The molecule has 0 radical (unpaired) electrons. The summed E-state index contributed by atoms with van der Waals surface area (Å²) in [6.07, 6.45) is -19.0. The van der Waals surface area contributed by atoms with Gasteiger partial charge in [0.25, 0.3) is 5.79 Å². The summed E-state index contributed by atoms with van der Waals surface area (Å²) < 4.78 is 55.4. The Labute approximate surface area is 368 Å². The predicted molar refractivity (Wildman–Crippen MR) is 201 cm³/mol. The maximum atomic E-state index is 13.4. The molecule has 28 heteroatoms. The van der Waals surface area contributed by atoms with Crippen LogP contribution in [0, 0.1) is 12.3 Å². The number of terminal acetylenes is 1. The zero-order valence-corrected chi connectivity index (χ0v) is 35.2. The lowest BCUT2D eigenvalue weighted by Gasteiger charge is -2.47. The molecule has 3 aliphatic rings. The highest BCUT2D eigenvalue weighted by atomic mass is 16.8. The zero-order valence-electron chi connectivity index (χ0n) is 35.2. The summed E-state index contributed by atoms with van der Waals surface area (Å²) in [5.41, 5.74) is 0.0115. The monoisotopic (exact) mass is 936 g/mol. The van der Waals surface area contributed by atoms with Gasteiger partial charge in [0.05, 0.1) is 38.2 Å². The first-order chi connectivity index (χ1) is 30.6. The molecule has 1 amide bonds. The highest BCUT2D eigenvalue weighted by Gasteiger charge is 2.57. The number of hydrogen-bond acceptors (Lipinski definition) is 25. The number of carboxylic acid groups (broad SMARTS) is 1. The third-order valence-corrected chi connectivity index (χ3v) is 9.86. The van der Waals surface area contributed by atoms with Crippen LogP contribution in [0.4, 0.5) is 0 Å². The number of ether oxygens (including phenoxy) is 10. The van der Waals surface area contributed by atoms with E-state index in [9.17, 15) is 69.6 Å². The SMILES string of the molecule is C#CCO[C@@H]1O[C@H](CO[C@]2(C(=O)O)C[C@H](O)[C@@H](NC(=O)Cn3cc(CO[C@@H]4O[C@H](COC(C)=O)[C@H](OC(C)=O)[C@H](OC(C)=O)[C@H]4OC(C)=O)nn3)[C@H]([C@H](O)[C@H](O)CO)O2)[C@H](O)[C@H](O)[C@H]1O. The van der Waals surface area contributed by atoms with Crippen molar-refractivity contribution in [2.24, 2.45) is 0 Å². The zero-order chi connectivity index (χ0) is 48.3. The quantitative estimate of drug-likeness (QED) is 0.0333. The van der Waals surface area contributed by atoms with Gasteiger partial charge in [0.2, 0.25) is 5.91 Å². The van der Waals surface area contributed by atoms with Crippen LogP contribution in [0.3, 0.4) is 0 Å². The fraction of sp³-hybridized carbons (Fsp3) is 0.730. The molecule has 3 aliphatic heterocycles. The number of aliphatic hydroxyl groups is 7. The lowest BCUT2D eigenvalue weighted by Crippen LogP contribution is -2.68. The Bertz CT molecular complexity index is 1860. The number of aliphatic carboxylic acids is 1. The number of carbonyl (C=O) groups excluding carboxylic acids is 5. The maximum absolute atomic E-state index is 13.4. The predicted octanol–water partition coefficient (Wildman–Crippen LogP) is -6.52. The Morgan fingerprint density at radius 2 is 1.51 bits per heavy atom. The van der Waals surface area contributed by atoms with Crippen LogP contribution in [0.25, 0.3) is 0 Å². The number of carbonyl (C=O) groups is 6. The first-order valence-electron chi connectivity index (χ1n) is 19.7. The van der Waals surface area contributed by atoms with Gasteiger partial charge >= 0.3 is 29.8 Å². The summed E-state index contributed by atoms with van der Waals surface area (Å²) in [5, 5.41) is 93.5. The highest BCUT2D eigenvalue weighted by Crippen LogP contribution is 2.35. The number of hydrogen-bond donors (Lipinski definition) is 9. The number of aliphatic hydroxyl groups excluding tert-OH is 7. The Hall–Kier alpha value is -5.00. The van der Waals surface area contributed by atoms with Gasteiger partial charge in [-0.1, -0.05) is 11.1 Å². The van der Waals surface area contributed by atoms with Crippen LogP contribution in [0.5, 0.6) is 0 Å². The second-order valence-corrected chi connectivity index (χ2v) is 14.9. The third kappa shape index (κ3) is 13.8. The molecule has 0 unspecified atom stereocenters. The topological polar surface area (TPSA) is 399 Å². The fourth-order valence-corrected chi connectivity index (χ4v) is 6.93. The number of rotatable bonds is 20. The van der Waals surface area contributed by atoms with E-state index in [-0.39, 0.29) is 5.69 Å². The van der Waals surface area contributed by atoms with E-state index in [4.69, 9.17) is 53.8 Å². The van der Waals surface area contributed by atoms with Crippen molar-refractivity contribution in [3.05, 3.63) is 11.9 Å². The van der Waals surface area contributed by atoms with Gasteiger partial charge in [-0.15, -0.1) is 11.5 Å². The van der Waals surface area contributed by atoms with Gasteiger partial charge in [-0.25, -0.2) is 9.48 Å². The van der Waals surface area contributed by atoms with Crippen molar-refractivity contribution in [3.8, 4) is 12.3 Å². The van der Waals surface area contributed by atoms with E-state index in [1.54, 1.807) is 0 Å². The van der Waals surface area contributed by atoms with E-state index in [1.807, 2.05) is 0 Å². The summed E-state index contributed by atoms with van der Waals surface area (Å²) in [6.45, 7) is 0.138. The van der Waals surface area contributed by atoms with Gasteiger partial charge in [0.15, 0.2) is 30.9 Å². The minimum absolute atomic E-state index is 0.0115. The first kappa shape index (κ1) is 52.6. The highest BCUT2D eigenvalue weighted by molar-refractivity contribution is 5.77. The molecule has 4 heterocycles. The second-order valence-electron chi connectivity index (χ2n) is 14.9. The fourth-order valence-electron chi connectivity index (χ4n) is 6.93. The van der Waals surface area contributed by atoms with Crippen LogP contribution in [-0.2, 0) is 89.3 Å². The lowest BCUT2D eigenvalue weighted by atomic mass is 9.88. The molecule has 0 aromatic carbocycles. The molecule has 3 saturated heterocycles. The number of carboxylic acids is 1. The van der Waals surface area contributed by atoms with Crippen molar-refractivity contribution >= 4 is 35.8 Å². The Kier molecular flexibility index (Phi) is 19.0. The molecule has 0 saturated carbocycles. The van der Waals surface area contributed by atoms with Crippen molar-refractivity contribution in [1.29, 1.82) is 0 Å². The van der Waals surface area contributed by atoms with Gasteiger partial charge < -0.3 is 93.5 Å². The Balaban J connectivity index is 1.48. The molecule has 9 N–H and O–H groups in total. The molecule has 4 rings (SSSR count). The van der Waals surface area contributed by atoms with E-state index in [0.717, 1.165) is 32.4 Å².